The highest BCUT2D eigenvalue weighted by Gasteiger charge is 2.30. The highest BCUT2D eigenvalue weighted by atomic mass is 32.1. The molecule has 0 aliphatic rings. The average Bonchev–Trinajstić information content (AvgIpc) is 3.17. The fraction of sp³-hybridized carbons (Fsp3) is 0.105. The van der Waals surface area contributed by atoms with Gasteiger partial charge in [0.15, 0.2) is 6.61 Å². The lowest BCUT2D eigenvalue weighted by atomic mass is 10.1. The van der Waals surface area contributed by atoms with Crippen LogP contribution < -0.4 is 15.8 Å². The van der Waals surface area contributed by atoms with E-state index in [-0.39, 0.29) is 17.9 Å². The van der Waals surface area contributed by atoms with Gasteiger partial charge in [0.2, 0.25) is 0 Å². The summed E-state index contributed by atoms with van der Waals surface area (Å²) in [6, 6.07) is 11.0. The third kappa shape index (κ3) is 5.32. The van der Waals surface area contributed by atoms with Crippen LogP contribution >= 0.6 is 11.3 Å². The van der Waals surface area contributed by atoms with E-state index in [9.17, 15) is 22.8 Å². The highest BCUT2D eigenvalue weighted by molar-refractivity contribution is 7.13. The highest BCUT2D eigenvalue weighted by Crippen LogP contribution is 2.33. The van der Waals surface area contributed by atoms with Crippen molar-refractivity contribution in [2.24, 2.45) is 5.73 Å². The molecule has 0 unspecified atom stereocenters. The van der Waals surface area contributed by atoms with Gasteiger partial charge >= 0.3 is 6.18 Å². The second-order valence-electron chi connectivity index (χ2n) is 5.85. The molecule has 1 aromatic heterocycles. The number of alkyl halides is 3. The molecule has 3 N–H and O–H groups in total. The van der Waals surface area contributed by atoms with Gasteiger partial charge in [-0.3, -0.25) is 9.59 Å². The van der Waals surface area contributed by atoms with E-state index in [2.05, 4.69) is 10.3 Å². The first-order chi connectivity index (χ1) is 13.7. The zero-order chi connectivity index (χ0) is 21.0. The number of ether oxygens (including phenoxy) is 1. The first-order valence-electron chi connectivity index (χ1n) is 8.18. The second kappa shape index (κ2) is 8.31. The van der Waals surface area contributed by atoms with Gasteiger partial charge in [0.25, 0.3) is 11.8 Å². The lowest BCUT2D eigenvalue weighted by Gasteiger charge is -2.07. The quantitative estimate of drug-likeness (QED) is 0.630. The number of primary amides is 1. The lowest BCUT2D eigenvalue weighted by molar-refractivity contribution is -0.137. The van der Waals surface area contributed by atoms with E-state index in [1.165, 1.54) is 17.5 Å². The monoisotopic (exact) mass is 421 g/mol. The molecule has 0 saturated carbocycles. The van der Waals surface area contributed by atoms with E-state index < -0.39 is 23.6 Å². The van der Waals surface area contributed by atoms with Crippen LogP contribution in [0.5, 0.6) is 5.75 Å². The van der Waals surface area contributed by atoms with Crippen LogP contribution in [0.2, 0.25) is 0 Å². The van der Waals surface area contributed by atoms with Crippen LogP contribution in [-0.4, -0.2) is 23.4 Å². The summed E-state index contributed by atoms with van der Waals surface area (Å²) in [4.78, 5) is 27.2. The minimum absolute atomic E-state index is 0.0801. The molecule has 3 rings (SSSR count). The molecule has 0 radical (unpaired) electrons. The fourth-order valence-corrected chi connectivity index (χ4v) is 3.12. The zero-order valence-corrected chi connectivity index (χ0v) is 15.5. The maximum Gasteiger partial charge on any atom is 0.416 e. The van der Waals surface area contributed by atoms with E-state index in [1.807, 2.05) is 0 Å². The van der Waals surface area contributed by atoms with Crippen molar-refractivity contribution < 1.29 is 27.5 Å². The smallest absolute Gasteiger partial charge is 0.416 e. The van der Waals surface area contributed by atoms with Gasteiger partial charge in [-0.2, -0.15) is 13.2 Å². The summed E-state index contributed by atoms with van der Waals surface area (Å²) >= 11 is 1.07. The van der Waals surface area contributed by atoms with Gasteiger partial charge in [-0.25, -0.2) is 4.98 Å². The number of nitrogens with two attached hydrogens (primary N) is 1. The number of carbonyl (C=O) groups is 2. The fourth-order valence-electron chi connectivity index (χ4n) is 2.32. The summed E-state index contributed by atoms with van der Waals surface area (Å²) in [5.41, 5.74) is 5.02. The number of anilines is 1. The molecule has 0 aliphatic carbocycles. The molecule has 0 bridgehead atoms. The van der Waals surface area contributed by atoms with E-state index in [1.54, 1.807) is 24.3 Å². The molecule has 10 heteroatoms. The summed E-state index contributed by atoms with van der Waals surface area (Å²) in [6.07, 6.45) is -4.46. The molecular formula is C19H14F3N3O3S. The number of thiazole rings is 1. The van der Waals surface area contributed by atoms with Crippen LogP contribution in [-0.2, 0) is 11.0 Å². The van der Waals surface area contributed by atoms with Gasteiger partial charge in [0.05, 0.1) is 5.56 Å². The number of hydrogen-bond acceptors (Lipinski definition) is 5. The number of rotatable bonds is 6. The van der Waals surface area contributed by atoms with Crippen LogP contribution in [0.4, 0.5) is 18.9 Å². The molecule has 3 aromatic rings. The Hall–Kier alpha value is -3.40. The molecule has 2 aromatic carbocycles. The Morgan fingerprint density at radius 1 is 1.14 bits per heavy atom. The Bertz CT molecular complexity index is 1030. The van der Waals surface area contributed by atoms with Gasteiger partial charge in [-0.05, 0) is 36.4 Å². The van der Waals surface area contributed by atoms with Crippen LogP contribution in [0.3, 0.4) is 0 Å². The summed E-state index contributed by atoms with van der Waals surface area (Å²) < 4.78 is 43.7. The first-order valence-corrected chi connectivity index (χ1v) is 9.06. The molecule has 0 spiro atoms. The number of amides is 2. The summed E-state index contributed by atoms with van der Waals surface area (Å²) in [5.74, 6) is -0.713. The minimum Gasteiger partial charge on any atom is -0.484 e. The molecule has 0 saturated heterocycles. The Morgan fingerprint density at radius 2 is 1.86 bits per heavy atom. The van der Waals surface area contributed by atoms with E-state index >= 15 is 0 Å². The molecule has 29 heavy (non-hydrogen) atoms. The third-order valence-electron chi connectivity index (χ3n) is 3.67. The standard InChI is InChI=1S/C19H14F3N3O3S/c20-19(21,22)12-3-1-2-11(8-12)18-25-15(10-29-18)17(27)24-13-4-6-14(7-5-13)28-9-16(23)26/h1-8,10H,9H2,(H2,23,26)(H,24,27). The van der Waals surface area contributed by atoms with Gasteiger partial charge in [-0.1, -0.05) is 12.1 Å². The van der Waals surface area contributed by atoms with Crippen molar-refractivity contribution in [1.29, 1.82) is 0 Å². The predicted octanol–water partition coefficient (Wildman–Crippen LogP) is 3.95. The number of aromatic nitrogens is 1. The van der Waals surface area contributed by atoms with E-state index in [0.717, 1.165) is 23.5 Å². The van der Waals surface area contributed by atoms with E-state index in [0.29, 0.717) is 16.4 Å². The van der Waals surface area contributed by atoms with Crippen molar-refractivity contribution in [3.63, 3.8) is 0 Å². The first kappa shape index (κ1) is 20.3. The molecule has 2 amide bonds. The molecular weight excluding hydrogens is 407 g/mol. The number of carbonyl (C=O) groups excluding carboxylic acids is 2. The lowest BCUT2D eigenvalue weighted by Crippen LogP contribution is -2.20. The Kier molecular flexibility index (Phi) is 5.83. The van der Waals surface area contributed by atoms with Crippen LogP contribution in [0.1, 0.15) is 16.1 Å². The Morgan fingerprint density at radius 3 is 2.52 bits per heavy atom. The number of nitrogens with one attached hydrogen (secondary N) is 1. The van der Waals surface area contributed by atoms with Crippen molar-refractivity contribution in [3.8, 4) is 16.3 Å². The summed E-state index contributed by atoms with van der Waals surface area (Å²) in [6.45, 7) is -0.261. The second-order valence-corrected chi connectivity index (χ2v) is 6.71. The maximum absolute atomic E-state index is 12.9. The molecule has 0 fully saturated rings. The normalized spacial score (nSPS) is 11.1. The molecule has 1 heterocycles. The largest absolute Gasteiger partial charge is 0.484 e. The van der Waals surface area contributed by atoms with Crippen molar-refractivity contribution in [1.82, 2.24) is 4.98 Å². The third-order valence-corrected chi connectivity index (χ3v) is 4.56. The van der Waals surface area contributed by atoms with Crippen LogP contribution in [0.25, 0.3) is 10.6 Å². The maximum atomic E-state index is 12.9. The number of hydrogen-bond donors (Lipinski definition) is 2. The summed E-state index contributed by atoms with van der Waals surface area (Å²) in [7, 11) is 0. The minimum atomic E-state index is -4.46. The molecule has 6 nitrogen and oxygen atoms in total. The van der Waals surface area contributed by atoms with Crippen molar-refractivity contribution in [2.75, 3.05) is 11.9 Å². The van der Waals surface area contributed by atoms with Gasteiger partial charge in [0, 0.05) is 16.6 Å². The molecule has 0 atom stereocenters. The Balaban J connectivity index is 1.69. The molecule has 0 aliphatic heterocycles. The van der Waals surface area contributed by atoms with Gasteiger partial charge < -0.3 is 15.8 Å². The topological polar surface area (TPSA) is 94.3 Å². The van der Waals surface area contributed by atoms with Crippen LogP contribution in [0.15, 0.2) is 53.9 Å². The average molecular weight is 421 g/mol. The van der Waals surface area contributed by atoms with Crippen molar-refractivity contribution in [2.45, 2.75) is 6.18 Å². The van der Waals surface area contributed by atoms with E-state index in [4.69, 9.17) is 10.5 Å². The Labute approximate surface area is 167 Å². The predicted molar refractivity (Wildman–Crippen MR) is 102 cm³/mol. The SMILES string of the molecule is NC(=O)COc1ccc(NC(=O)c2csc(-c3cccc(C(F)(F)F)c3)n2)cc1. The molecule has 150 valence electrons. The van der Waals surface area contributed by atoms with Crippen molar-refractivity contribution in [3.05, 3.63) is 65.2 Å². The number of benzene rings is 2. The van der Waals surface area contributed by atoms with Gasteiger partial charge in [0.1, 0.15) is 16.5 Å². The van der Waals surface area contributed by atoms with Crippen molar-refractivity contribution >= 4 is 28.8 Å². The zero-order valence-electron chi connectivity index (χ0n) is 14.7. The van der Waals surface area contributed by atoms with Crippen LogP contribution in [0, 0.1) is 0 Å². The summed E-state index contributed by atoms with van der Waals surface area (Å²) in [5, 5.41) is 4.40. The number of nitrogens with zero attached hydrogens (tertiary/aromatic N) is 1. The van der Waals surface area contributed by atoms with Gasteiger partial charge in [-0.15, -0.1) is 11.3 Å². The number of halogens is 3.